The van der Waals surface area contributed by atoms with Crippen molar-refractivity contribution in [2.45, 2.75) is 46.7 Å². The van der Waals surface area contributed by atoms with E-state index < -0.39 is 6.04 Å². The molecule has 37 heavy (non-hydrogen) atoms. The number of hydrogen-bond acceptors (Lipinski definition) is 5. The highest BCUT2D eigenvalue weighted by atomic mass is 19.1. The SMILES string of the molecule is COc1cccc(OC)c1-c1cc(C(=O)NC(CC(=O)Nc2ccc(F)cc2)C(C)C)nn1CC(C)C. The number of nitrogens with zero attached hydrogens (tertiary/aromatic N) is 2. The summed E-state index contributed by atoms with van der Waals surface area (Å²) >= 11 is 0. The van der Waals surface area contributed by atoms with Crippen LogP contribution in [-0.2, 0) is 11.3 Å². The van der Waals surface area contributed by atoms with Gasteiger partial charge in [0.15, 0.2) is 5.69 Å². The van der Waals surface area contributed by atoms with Gasteiger partial charge in [0.25, 0.3) is 5.91 Å². The number of hydrogen-bond donors (Lipinski definition) is 2. The van der Waals surface area contributed by atoms with Crippen molar-refractivity contribution in [1.29, 1.82) is 0 Å². The highest BCUT2D eigenvalue weighted by Crippen LogP contribution is 2.38. The molecule has 1 heterocycles. The van der Waals surface area contributed by atoms with Crippen LogP contribution in [0.25, 0.3) is 11.3 Å². The van der Waals surface area contributed by atoms with Crippen molar-refractivity contribution in [3.05, 3.63) is 60.0 Å². The van der Waals surface area contributed by atoms with Crippen LogP contribution in [0, 0.1) is 17.7 Å². The van der Waals surface area contributed by atoms with E-state index in [4.69, 9.17) is 9.47 Å². The second kappa shape index (κ2) is 12.4. The highest BCUT2D eigenvalue weighted by Gasteiger charge is 2.25. The maximum absolute atomic E-state index is 13.3. The predicted molar refractivity (Wildman–Crippen MR) is 141 cm³/mol. The normalized spacial score (nSPS) is 11.9. The summed E-state index contributed by atoms with van der Waals surface area (Å²) in [5.41, 5.74) is 2.12. The third-order valence-corrected chi connectivity index (χ3v) is 5.89. The zero-order chi connectivity index (χ0) is 27.1. The molecule has 0 aliphatic heterocycles. The van der Waals surface area contributed by atoms with Gasteiger partial charge in [-0.25, -0.2) is 4.39 Å². The molecular formula is C28H35FN4O4. The Morgan fingerprint density at radius 2 is 1.62 bits per heavy atom. The average molecular weight is 511 g/mol. The number of anilines is 1. The van der Waals surface area contributed by atoms with Crippen LogP contribution >= 0.6 is 0 Å². The van der Waals surface area contributed by atoms with Crippen molar-refractivity contribution < 1.29 is 23.5 Å². The van der Waals surface area contributed by atoms with E-state index in [1.165, 1.54) is 24.3 Å². The lowest BCUT2D eigenvalue weighted by atomic mass is 10.00. The minimum absolute atomic E-state index is 0.0190. The first-order valence-electron chi connectivity index (χ1n) is 12.3. The maximum atomic E-state index is 13.3. The number of halogens is 1. The molecule has 1 atom stereocenters. The molecule has 0 saturated carbocycles. The monoisotopic (exact) mass is 510 g/mol. The van der Waals surface area contributed by atoms with Crippen LogP contribution in [0.2, 0.25) is 0 Å². The molecule has 9 heteroatoms. The Kier molecular flexibility index (Phi) is 9.27. The molecule has 0 aliphatic rings. The van der Waals surface area contributed by atoms with Gasteiger partial charge in [0.2, 0.25) is 5.91 Å². The predicted octanol–water partition coefficient (Wildman–Crippen LogP) is 5.15. The number of methoxy groups -OCH3 is 2. The van der Waals surface area contributed by atoms with E-state index in [1.54, 1.807) is 25.0 Å². The van der Waals surface area contributed by atoms with E-state index in [0.29, 0.717) is 35.0 Å². The van der Waals surface area contributed by atoms with Gasteiger partial charge in [-0.05, 0) is 54.3 Å². The Bertz CT molecular complexity index is 1200. The summed E-state index contributed by atoms with van der Waals surface area (Å²) in [5, 5.41) is 10.3. The Morgan fingerprint density at radius 3 is 2.16 bits per heavy atom. The van der Waals surface area contributed by atoms with Crippen LogP contribution in [0.1, 0.15) is 44.6 Å². The van der Waals surface area contributed by atoms with Gasteiger partial charge in [0.1, 0.15) is 17.3 Å². The zero-order valence-electron chi connectivity index (χ0n) is 22.2. The van der Waals surface area contributed by atoms with Crippen LogP contribution < -0.4 is 20.1 Å². The molecule has 2 N–H and O–H groups in total. The second-order valence-electron chi connectivity index (χ2n) is 9.61. The molecular weight excluding hydrogens is 475 g/mol. The van der Waals surface area contributed by atoms with Crippen LogP contribution in [0.5, 0.6) is 11.5 Å². The van der Waals surface area contributed by atoms with Gasteiger partial charge in [-0.2, -0.15) is 5.10 Å². The molecule has 0 radical (unpaired) electrons. The number of carbonyl (C=O) groups excluding carboxylic acids is 2. The first-order chi connectivity index (χ1) is 17.6. The number of benzene rings is 2. The summed E-state index contributed by atoms with van der Waals surface area (Å²) in [6.45, 7) is 8.58. The van der Waals surface area contributed by atoms with Gasteiger partial charge in [0.05, 0.1) is 25.5 Å². The molecule has 0 spiro atoms. The van der Waals surface area contributed by atoms with Crippen LogP contribution in [-0.4, -0.2) is 41.9 Å². The van der Waals surface area contributed by atoms with Gasteiger partial charge in [0, 0.05) is 24.7 Å². The summed E-state index contributed by atoms with van der Waals surface area (Å²) in [4.78, 5) is 25.9. The minimum atomic E-state index is -0.438. The first-order valence-corrected chi connectivity index (χ1v) is 12.3. The largest absolute Gasteiger partial charge is 0.496 e. The van der Waals surface area contributed by atoms with Gasteiger partial charge in [-0.15, -0.1) is 0 Å². The third kappa shape index (κ3) is 7.09. The molecule has 198 valence electrons. The summed E-state index contributed by atoms with van der Waals surface area (Å²) in [6.07, 6.45) is 0.0562. The quantitative estimate of drug-likeness (QED) is 0.372. The topological polar surface area (TPSA) is 94.5 Å². The molecule has 0 aliphatic carbocycles. The van der Waals surface area contributed by atoms with Crippen LogP contribution in [0.15, 0.2) is 48.5 Å². The van der Waals surface area contributed by atoms with E-state index in [2.05, 4.69) is 29.6 Å². The molecule has 1 aromatic heterocycles. The summed E-state index contributed by atoms with van der Waals surface area (Å²) in [5.74, 6) is 0.416. The van der Waals surface area contributed by atoms with E-state index in [9.17, 15) is 14.0 Å². The fourth-order valence-electron chi connectivity index (χ4n) is 3.96. The summed E-state index contributed by atoms with van der Waals surface area (Å²) in [6, 6.07) is 12.3. The Balaban J connectivity index is 1.85. The van der Waals surface area contributed by atoms with Crippen molar-refractivity contribution in [2.24, 2.45) is 11.8 Å². The standard InChI is InChI=1S/C28H35FN4O4/c1-17(2)16-33-23(27-24(36-5)8-7-9-25(27)37-6)14-22(32-33)28(35)31-21(18(3)4)15-26(34)30-20-12-10-19(29)11-13-20/h7-14,17-18,21H,15-16H2,1-6H3,(H,30,34)(H,31,35). The number of nitrogens with one attached hydrogen (secondary N) is 2. The van der Waals surface area contributed by atoms with Gasteiger partial charge < -0.3 is 20.1 Å². The Labute approximate surface area is 217 Å². The summed E-state index contributed by atoms with van der Waals surface area (Å²) in [7, 11) is 3.17. The van der Waals surface area contributed by atoms with E-state index >= 15 is 0 Å². The molecule has 0 saturated heterocycles. The molecule has 0 bridgehead atoms. The van der Waals surface area contributed by atoms with Gasteiger partial charge >= 0.3 is 0 Å². The third-order valence-electron chi connectivity index (χ3n) is 5.89. The van der Waals surface area contributed by atoms with Crippen LogP contribution in [0.3, 0.4) is 0 Å². The van der Waals surface area contributed by atoms with Crippen molar-refractivity contribution in [3.63, 3.8) is 0 Å². The smallest absolute Gasteiger partial charge is 0.272 e. The van der Waals surface area contributed by atoms with Crippen molar-refractivity contribution in [3.8, 4) is 22.8 Å². The molecule has 3 rings (SSSR count). The molecule has 3 aromatic rings. The Hall–Kier alpha value is -3.88. The first kappa shape index (κ1) is 27.7. The van der Waals surface area contributed by atoms with Crippen molar-refractivity contribution in [1.82, 2.24) is 15.1 Å². The molecule has 1 unspecified atom stereocenters. The average Bonchev–Trinajstić information content (AvgIpc) is 3.27. The lowest BCUT2D eigenvalue weighted by molar-refractivity contribution is -0.116. The van der Waals surface area contributed by atoms with E-state index in [0.717, 1.165) is 0 Å². The lowest BCUT2D eigenvalue weighted by Gasteiger charge is -2.21. The highest BCUT2D eigenvalue weighted by molar-refractivity contribution is 5.95. The number of carbonyl (C=O) groups is 2. The maximum Gasteiger partial charge on any atom is 0.272 e. The molecule has 2 amide bonds. The summed E-state index contributed by atoms with van der Waals surface area (Å²) < 4.78 is 26.1. The Morgan fingerprint density at radius 1 is 1.00 bits per heavy atom. The van der Waals surface area contributed by atoms with Gasteiger partial charge in [-0.1, -0.05) is 33.8 Å². The lowest BCUT2D eigenvalue weighted by Crippen LogP contribution is -2.41. The fourth-order valence-corrected chi connectivity index (χ4v) is 3.96. The number of rotatable bonds is 11. The van der Waals surface area contributed by atoms with E-state index in [1.807, 2.05) is 32.0 Å². The van der Waals surface area contributed by atoms with E-state index in [-0.39, 0.29) is 41.6 Å². The number of ether oxygens (including phenoxy) is 2. The number of aromatic nitrogens is 2. The zero-order valence-corrected chi connectivity index (χ0v) is 22.2. The molecule has 8 nitrogen and oxygen atoms in total. The second-order valence-corrected chi connectivity index (χ2v) is 9.61. The van der Waals surface area contributed by atoms with Crippen molar-refractivity contribution >= 4 is 17.5 Å². The minimum Gasteiger partial charge on any atom is -0.496 e. The van der Waals surface area contributed by atoms with Gasteiger partial charge in [-0.3, -0.25) is 14.3 Å². The van der Waals surface area contributed by atoms with Crippen molar-refractivity contribution in [2.75, 3.05) is 19.5 Å². The molecule has 2 aromatic carbocycles. The molecule has 0 fully saturated rings. The fraction of sp³-hybridized carbons (Fsp3) is 0.393. The van der Waals surface area contributed by atoms with Crippen LogP contribution in [0.4, 0.5) is 10.1 Å². The number of amides is 2.